The Morgan fingerprint density at radius 3 is 1.48 bits per heavy atom. The molecule has 2 unspecified atom stereocenters. The Labute approximate surface area is 254 Å². The average Bonchev–Trinajstić information content (AvgIpc) is 2.98. The van der Waals surface area contributed by atoms with Crippen molar-refractivity contribution in [1.82, 2.24) is 10.6 Å². The van der Waals surface area contributed by atoms with Crippen LogP contribution in [0.1, 0.15) is 136 Å². The third-order valence-electron chi connectivity index (χ3n) is 8.72. The predicted octanol–water partition coefficient (Wildman–Crippen LogP) is 2.42. The lowest BCUT2D eigenvalue weighted by Crippen LogP contribution is -2.69. The molecular weight excluding hydrogens is 540 g/mol. The molecule has 0 bridgehead atoms. The predicted molar refractivity (Wildman–Crippen MR) is 165 cm³/mol. The zero-order chi connectivity index (χ0) is 31.3. The molecule has 9 N–H and O–H groups in total. The number of aliphatic hydroxyl groups excluding tert-OH is 7. The van der Waals surface area contributed by atoms with E-state index in [9.17, 15) is 40.5 Å². The van der Waals surface area contributed by atoms with E-state index < -0.39 is 54.8 Å². The number of amides is 1. The van der Waals surface area contributed by atoms with Crippen LogP contribution in [0.2, 0.25) is 0 Å². The van der Waals surface area contributed by atoms with Gasteiger partial charge < -0.3 is 46.4 Å². The maximum absolute atomic E-state index is 12.7. The molecule has 1 aliphatic rings. The smallest absolute Gasteiger partial charge is 0.220 e. The highest BCUT2D eigenvalue weighted by Crippen LogP contribution is 2.22. The van der Waals surface area contributed by atoms with E-state index in [-0.39, 0.29) is 18.9 Å². The fourth-order valence-electron chi connectivity index (χ4n) is 5.80. The largest absolute Gasteiger partial charge is 0.390 e. The monoisotopic (exact) mass is 604 g/mol. The Balaban J connectivity index is 2.54. The highest BCUT2D eigenvalue weighted by molar-refractivity contribution is 5.76. The Bertz CT molecular complexity index is 656. The van der Waals surface area contributed by atoms with E-state index in [0.717, 1.165) is 51.4 Å². The van der Waals surface area contributed by atoms with Crippen molar-refractivity contribution in [2.75, 3.05) is 6.54 Å². The number of unbranched alkanes of at least 4 members (excludes halogenated alkanes) is 15. The Hall–Kier alpha value is -0.850. The summed E-state index contributed by atoms with van der Waals surface area (Å²) in [5.41, 5.74) is 0. The van der Waals surface area contributed by atoms with E-state index in [1.807, 2.05) is 0 Å². The first kappa shape index (κ1) is 39.2. The topological polar surface area (TPSA) is 183 Å². The third-order valence-corrected chi connectivity index (χ3v) is 8.72. The second-order valence-electron chi connectivity index (χ2n) is 12.5. The Morgan fingerprint density at radius 1 is 0.595 bits per heavy atom. The average molecular weight is 605 g/mol. The van der Waals surface area contributed by atoms with Gasteiger partial charge in [0.05, 0.1) is 18.2 Å². The van der Waals surface area contributed by atoms with Gasteiger partial charge in [0, 0.05) is 13.0 Å². The van der Waals surface area contributed by atoms with Crippen LogP contribution in [0.15, 0.2) is 0 Å². The quantitative estimate of drug-likeness (QED) is 0.0707. The van der Waals surface area contributed by atoms with Crippen LogP contribution in [0, 0.1) is 0 Å². The number of hydrogen-bond acceptors (Lipinski definition) is 9. The molecule has 0 radical (unpaired) electrons. The summed E-state index contributed by atoms with van der Waals surface area (Å²) < 4.78 is 0. The van der Waals surface area contributed by atoms with Gasteiger partial charge in [0.25, 0.3) is 0 Å². The molecule has 1 saturated carbocycles. The number of hydrogen-bond donors (Lipinski definition) is 9. The van der Waals surface area contributed by atoms with Crippen molar-refractivity contribution in [1.29, 1.82) is 0 Å². The van der Waals surface area contributed by atoms with Crippen molar-refractivity contribution in [3.8, 4) is 0 Å². The van der Waals surface area contributed by atoms with Crippen LogP contribution in [0.3, 0.4) is 0 Å². The van der Waals surface area contributed by atoms with Crippen LogP contribution in [0.4, 0.5) is 0 Å². The van der Waals surface area contributed by atoms with Gasteiger partial charge in [-0.3, -0.25) is 4.79 Å². The Kier molecular flexibility index (Phi) is 21.9. The van der Waals surface area contributed by atoms with Gasteiger partial charge in [-0.05, 0) is 12.8 Å². The maximum atomic E-state index is 12.7. The zero-order valence-electron chi connectivity index (χ0n) is 26.4. The first-order valence-electron chi connectivity index (χ1n) is 16.9. The van der Waals surface area contributed by atoms with Gasteiger partial charge in [-0.15, -0.1) is 0 Å². The van der Waals surface area contributed by atoms with Crippen LogP contribution in [0.5, 0.6) is 0 Å². The first-order valence-corrected chi connectivity index (χ1v) is 16.9. The fourth-order valence-corrected chi connectivity index (χ4v) is 5.80. The summed E-state index contributed by atoms with van der Waals surface area (Å²) in [5, 5.41) is 78.0. The summed E-state index contributed by atoms with van der Waals surface area (Å²) in [6.45, 7) is 4.22. The summed E-state index contributed by atoms with van der Waals surface area (Å²) in [5.74, 6) is -0.268. The Morgan fingerprint density at radius 2 is 1.00 bits per heavy atom. The molecule has 1 fully saturated rings. The molecule has 0 aromatic rings. The van der Waals surface area contributed by atoms with Gasteiger partial charge in [0.1, 0.15) is 36.6 Å². The summed E-state index contributed by atoms with van der Waals surface area (Å²) >= 11 is 0. The molecule has 0 heterocycles. The molecule has 0 aromatic carbocycles. The van der Waals surface area contributed by atoms with Crippen molar-refractivity contribution < 1.29 is 40.5 Å². The summed E-state index contributed by atoms with van der Waals surface area (Å²) in [6, 6.07) is -2.14. The van der Waals surface area contributed by atoms with Crippen LogP contribution in [-0.2, 0) is 4.79 Å². The number of nitrogens with one attached hydrogen (secondary N) is 2. The van der Waals surface area contributed by atoms with Gasteiger partial charge in [-0.25, -0.2) is 0 Å². The van der Waals surface area contributed by atoms with Gasteiger partial charge in [-0.2, -0.15) is 0 Å². The number of carbonyl (C=O) groups is 1. The van der Waals surface area contributed by atoms with Gasteiger partial charge >= 0.3 is 0 Å². The van der Waals surface area contributed by atoms with Crippen molar-refractivity contribution in [3.05, 3.63) is 0 Å². The molecule has 10 heteroatoms. The lowest BCUT2D eigenvalue weighted by Gasteiger charge is -2.43. The van der Waals surface area contributed by atoms with Gasteiger partial charge in [0.15, 0.2) is 0 Å². The lowest BCUT2D eigenvalue weighted by molar-refractivity contribution is -0.190. The van der Waals surface area contributed by atoms with Crippen LogP contribution in [0.25, 0.3) is 0 Å². The summed E-state index contributed by atoms with van der Waals surface area (Å²) in [7, 11) is 0. The molecule has 0 spiro atoms. The van der Waals surface area contributed by atoms with Crippen LogP contribution >= 0.6 is 0 Å². The zero-order valence-corrected chi connectivity index (χ0v) is 26.4. The molecule has 0 saturated heterocycles. The van der Waals surface area contributed by atoms with Crippen molar-refractivity contribution >= 4 is 5.91 Å². The van der Waals surface area contributed by atoms with E-state index in [2.05, 4.69) is 24.5 Å². The molecule has 1 rings (SSSR count). The molecular formula is C32H64N2O8. The molecule has 0 aliphatic heterocycles. The third kappa shape index (κ3) is 15.2. The van der Waals surface area contributed by atoms with E-state index >= 15 is 0 Å². The molecule has 10 nitrogen and oxygen atoms in total. The molecule has 1 amide bonds. The molecule has 1 aliphatic carbocycles. The maximum Gasteiger partial charge on any atom is 0.220 e. The van der Waals surface area contributed by atoms with E-state index in [1.165, 1.54) is 51.4 Å². The normalized spacial score (nSPS) is 26.6. The van der Waals surface area contributed by atoms with E-state index in [4.69, 9.17) is 0 Å². The van der Waals surface area contributed by atoms with Crippen molar-refractivity contribution in [3.63, 3.8) is 0 Å². The second kappa shape index (κ2) is 23.5. The number of aliphatic hydroxyl groups is 7. The highest BCUT2D eigenvalue weighted by atomic mass is 16.4. The standard InChI is InChI=1S/C32H64N2O8/c1-3-5-7-9-10-11-12-13-14-15-17-18-20-24(35)27(37)23(34-25(36)21-19-16-8-6-4-2)22-33-26-28(38)30(40)32(42)31(41)29(26)39/h23-24,26-33,35,37-42H,3-22H2,1-2H3,(H,34,36)/t23-,24+,26?,27-,28-,29+,30+,31-,32?/m0/s1. The fraction of sp³-hybridized carbons (Fsp3) is 0.969. The molecule has 0 aromatic heterocycles. The molecule has 42 heavy (non-hydrogen) atoms. The van der Waals surface area contributed by atoms with Crippen LogP contribution in [-0.4, -0.2) is 103 Å². The minimum absolute atomic E-state index is 0.132. The van der Waals surface area contributed by atoms with Gasteiger partial charge in [0.2, 0.25) is 5.91 Å². The SMILES string of the molecule is CCCCCCCCCCCCCC[C@@H](O)[C@@H](O)[C@H](CNC1[C@@H](O)[C@H](O)C(O)[C@H](O)[C@H]1O)NC(=O)CCCCCCC. The molecule has 9 atom stereocenters. The van der Waals surface area contributed by atoms with E-state index in [0.29, 0.717) is 12.8 Å². The van der Waals surface area contributed by atoms with Gasteiger partial charge in [-0.1, -0.05) is 117 Å². The minimum Gasteiger partial charge on any atom is -0.390 e. The van der Waals surface area contributed by atoms with E-state index in [1.54, 1.807) is 0 Å². The first-order chi connectivity index (χ1) is 20.1. The summed E-state index contributed by atoms with van der Waals surface area (Å²) in [4.78, 5) is 12.7. The van der Waals surface area contributed by atoms with Crippen LogP contribution < -0.4 is 10.6 Å². The number of carbonyl (C=O) groups excluding carboxylic acids is 1. The summed E-state index contributed by atoms with van der Waals surface area (Å²) in [6.07, 6.45) is 9.21. The number of rotatable bonds is 25. The second-order valence-corrected chi connectivity index (χ2v) is 12.5. The minimum atomic E-state index is -1.71. The van der Waals surface area contributed by atoms with Crippen molar-refractivity contribution in [2.24, 2.45) is 0 Å². The lowest BCUT2D eigenvalue weighted by atomic mass is 9.83. The van der Waals surface area contributed by atoms with Crippen molar-refractivity contribution in [2.45, 2.75) is 191 Å². The highest BCUT2D eigenvalue weighted by Gasteiger charge is 2.48. The molecule has 250 valence electrons.